The standard InChI is InChI=1S/C45H89N3O4/c1-6-8-10-12-14-16-18-20-22-24-26-28-30-34-38-47(39-35-31-29-27-25-23-21-19-17-15-13-11-9-7-2)45(52)42(41-44(50)51)46-43(49)37-33-32-36-40-48(3,4)5/h42H,6-41H2,1-5H3,(H-,46,49,50,51)/p+1. The van der Waals surface area contributed by atoms with E-state index in [2.05, 4.69) is 40.3 Å². The van der Waals surface area contributed by atoms with Crippen LogP contribution in [0.2, 0.25) is 0 Å². The quantitative estimate of drug-likeness (QED) is 0.0484. The number of aliphatic carboxylic acids is 1. The summed E-state index contributed by atoms with van der Waals surface area (Å²) >= 11 is 0. The van der Waals surface area contributed by atoms with Crippen LogP contribution in [0.5, 0.6) is 0 Å². The molecule has 2 amide bonds. The van der Waals surface area contributed by atoms with Crippen LogP contribution in [0.15, 0.2) is 0 Å². The van der Waals surface area contributed by atoms with Gasteiger partial charge in [-0.25, -0.2) is 0 Å². The molecule has 2 N–H and O–H groups in total. The number of hydrogen-bond donors (Lipinski definition) is 2. The molecular weight excluding hydrogens is 647 g/mol. The summed E-state index contributed by atoms with van der Waals surface area (Å²) in [5.41, 5.74) is 0. The number of nitrogens with one attached hydrogen (secondary N) is 1. The Morgan fingerprint density at radius 3 is 1.15 bits per heavy atom. The van der Waals surface area contributed by atoms with Crippen molar-refractivity contribution in [3.8, 4) is 0 Å². The first-order valence-electron chi connectivity index (χ1n) is 22.7. The van der Waals surface area contributed by atoms with Gasteiger partial charge in [0.2, 0.25) is 11.8 Å². The summed E-state index contributed by atoms with van der Waals surface area (Å²) in [6.07, 6.45) is 38.8. The van der Waals surface area contributed by atoms with Gasteiger partial charge < -0.3 is 19.8 Å². The molecule has 0 radical (unpaired) electrons. The molecule has 0 rings (SSSR count). The maximum atomic E-state index is 13.8. The number of unbranched alkanes of at least 4 members (excludes halogenated alkanes) is 28. The molecule has 52 heavy (non-hydrogen) atoms. The summed E-state index contributed by atoms with van der Waals surface area (Å²) < 4.78 is 0.899. The first-order valence-corrected chi connectivity index (χ1v) is 22.7. The molecule has 308 valence electrons. The molecule has 0 spiro atoms. The van der Waals surface area contributed by atoms with Crippen molar-refractivity contribution in [2.75, 3.05) is 40.8 Å². The Kier molecular flexibility index (Phi) is 35.2. The van der Waals surface area contributed by atoms with Gasteiger partial charge in [0.05, 0.1) is 34.1 Å². The molecule has 0 aliphatic carbocycles. The van der Waals surface area contributed by atoms with Gasteiger partial charge in [-0.05, 0) is 32.1 Å². The van der Waals surface area contributed by atoms with Gasteiger partial charge in [0.25, 0.3) is 0 Å². The predicted molar refractivity (Wildman–Crippen MR) is 223 cm³/mol. The van der Waals surface area contributed by atoms with Gasteiger partial charge in [-0.2, -0.15) is 0 Å². The highest BCUT2D eigenvalue weighted by Crippen LogP contribution is 2.16. The molecule has 0 saturated heterocycles. The van der Waals surface area contributed by atoms with Gasteiger partial charge in [-0.3, -0.25) is 14.4 Å². The highest BCUT2D eigenvalue weighted by molar-refractivity contribution is 5.90. The average molecular weight is 737 g/mol. The second-order valence-corrected chi connectivity index (χ2v) is 17.1. The number of rotatable bonds is 40. The summed E-state index contributed by atoms with van der Waals surface area (Å²) in [5.74, 6) is -1.47. The number of carbonyl (C=O) groups excluding carboxylic acids is 2. The maximum Gasteiger partial charge on any atom is 0.305 e. The number of carboxylic acid groups (broad SMARTS) is 1. The van der Waals surface area contributed by atoms with E-state index in [-0.39, 0.29) is 18.2 Å². The van der Waals surface area contributed by atoms with E-state index in [1.165, 1.54) is 154 Å². The fourth-order valence-electron chi connectivity index (χ4n) is 7.24. The van der Waals surface area contributed by atoms with Gasteiger partial charge in [0.15, 0.2) is 0 Å². The van der Waals surface area contributed by atoms with Crippen LogP contribution in [-0.2, 0) is 14.4 Å². The highest BCUT2D eigenvalue weighted by atomic mass is 16.4. The van der Waals surface area contributed by atoms with E-state index in [1.807, 2.05) is 4.90 Å². The number of nitrogens with zero attached hydrogens (tertiary/aromatic N) is 2. The minimum atomic E-state index is -1.05. The van der Waals surface area contributed by atoms with Gasteiger partial charge in [0, 0.05) is 19.5 Å². The molecule has 0 aliphatic rings. The zero-order valence-corrected chi connectivity index (χ0v) is 35.6. The number of amides is 2. The molecule has 0 fully saturated rings. The van der Waals surface area contributed by atoms with E-state index in [9.17, 15) is 19.5 Å². The van der Waals surface area contributed by atoms with E-state index in [1.54, 1.807) is 0 Å². The molecule has 7 heteroatoms. The SMILES string of the molecule is CCCCCCCCCCCCCCCCN(CCCCCCCCCCCCCCCC)C(=O)C(CC(=O)O)NC(=O)CCCCC[N+](C)(C)C. The van der Waals surface area contributed by atoms with Gasteiger partial charge in [-0.15, -0.1) is 0 Å². The normalized spacial score (nSPS) is 12.2. The Morgan fingerprint density at radius 1 is 0.500 bits per heavy atom. The van der Waals surface area contributed by atoms with Crippen molar-refractivity contribution in [1.29, 1.82) is 0 Å². The van der Waals surface area contributed by atoms with Crippen LogP contribution in [0.4, 0.5) is 0 Å². The monoisotopic (exact) mass is 737 g/mol. The molecule has 1 unspecified atom stereocenters. The van der Waals surface area contributed by atoms with Crippen molar-refractivity contribution in [3.63, 3.8) is 0 Å². The van der Waals surface area contributed by atoms with Crippen molar-refractivity contribution in [2.24, 2.45) is 0 Å². The lowest BCUT2D eigenvalue weighted by atomic mass is 10.0. The van der Waals surface area contributed by atoms with Crippen LogP contribution in [0.25, 0.3) is 0 Å². The molecular formula is C45H90N3O4+. The minimum absolute atomic E-state index is 0.210. The van der Waals surface area contributed by atoms with E-state index in [0.717, 1.165) is 56.0 Å². The Bertz CT molecular complexity index is 796. The molecule has 7 nitrogen and oxygen atoms in total. The number of hydrogen-bond acceptors (Lipinski definition) is 3. The molecule has 0 aromatic heterocycles. The van der Waals surface area contributed by atoms with Crippen LogP contribution in [0.3, 0.4) is 0 Å². The summed E-state index contributed by atoms with van der Waals surface area (Å²) in [7, 11) is 6.49. The summed E-state index contributed by atoms with van der Waals surface area (Å²) in [4.78, 5) is 40.3. The Hall–Kier alpha value is -1.63. The zero-order valence-electron chi connectivity index (χ0n) is 35.6. The first-order chi connectivity index (χ1) is 25.1. The van der Waals surface area contributed by atoms with Crippen LogP contribution in [0, 0.1) is 0 Å². The second-order valence-electron chi connectivity index (χ2n) is 17.1. The van der Waals surface area contributed by atoms with Crippen molar-refractivity contribution in [1.82, 2.24) is 10.2 Å². The first kappa shape index (κ1) is 50.4. The third-order valence-corrected chi connectivity index (χ3v) is 10.6. The number of carboxylic acids is 1. The van der Waals surface area contributed by atoms with E-state index < -0.39 is 12.0 Å². The fourth-order valence-corrected chi connectivity index (χ4v) is 7.24. The van der Waals surface area contributed by atoms with Crippen molar-refractivity contribution in [3.05, 3.63) is 0 Å². The highest BCUT2D eigenvalue weighted by Gasteiger charge is 2.28. The van der Waals surface area contributed by atoms with E-state index in [4.69, 9.17) is 0 Å². The fraction of sp³-hybridized carbons (Fsp3) is 0.933. The third-order valence-electron chi connectivity index (χ3n) is 10.6. The minimum Gasteiger partial charge on any atom is -0.481 e. The lowest BCUT2D eigenvalue weighted by Crippen LogP contribution is -2.50. The number of quaternary nitrogens is 1. The molecule has 1 atom stereocenters. The molecule has 0 aromatic carbocycles. The van der Waals surface area contributed by atoms with Crippen molar-refractivity contribution < 1.29 is 24.0 Å². The number of carbonyl (C=O) groups is 3. The molecule has 0 bridgehead atoms. The van der Waals surface area contributed by atoms with E-state index >= 15 is 0 Å². The molecule has 0 aliphatic heterocycles. The van der Waals surface area contributed by atoms with Crippen LogP contribution in [-0.4, -0.2) is 79.1 Å². The molecule has 0 aromatic rings. The third kappa shape index (κ3) is 35.4. The largest absolute Gasteiger partial charge is 0.481 e. The summed E-state index contributed by atoms with van der Waals surface area (Å²) in [6, 6.07) is -0.991. The van der Waals surface area contributed by atoms with Crippen LogP contribution < -0.4 is 5.32 Å². The Balaban J connectivity index is 4.70. The van der Waals surface area contributed by atoms with Crippen molar-refractivity contribution in [2.45, 2.75) is 232 Å². The second kappa shape index (κ2) is 36.4. The predicted octanol–water partition coefficient (Wildman–Crippen LogP) is 12.0. The van der Waals surface area contributed by atoms with E-state index in [0.29, 0.717) is 19.5 Å². The van der Waals surface area contributed by atoms with Crippen LogP contribution >= 0.6 is 0 Å². The van der Waals surface area contributed by atoms with Gasteiger partial charge in [0.1, 0.15) is 6.04 Å². The van der Waals surface area contributed by atoms with Gasteiger partial charge in [-0.1, -0.05) is 181 Å². The zero-order chi connectivity index (χ0) is 38.5. The lowest BCUT2D eigenvalue weighted by molar-refractivity contribution is -0.870. The smallest absolute Gasteiger partial charge is 0.305 e. The molecule has 0 saturated carbocycles. The Labute approximate surface area is 323 Å². The average Bonchev–Trinajstić information content (AvgIpc) is 3.09. The Morgan fingerprint density at radius 2 is 0.827 bits per heavy atom. The summed E-state index contributed by atoms with van der Waals surface area (Å²) in [6.45, 7) is 6.89. The van der Waals surface area contributed by atoms with Crippen LogP contribution in [0.1, 0.15) is 226 Å². The summed E-state index contributed by atoms with van der Waals surface area (Å²) in [5, 5.41) is 12.5. The maximum absolute atomic E-state index is 13.8. The van der Waals surface area contributed by atoms with Crippen molar-refractivity contribution >= 4 is 17.8 Å². The topological polar surface area (TPSA) is 86.7 Å². The van der Waals surface area contributed by atoms with Gasteiger partial charge >= 0.3 is 5.97 Å². The molecule has 0 heterocycles. The lowest BCUT2D eigenvalue weighted by Gasteiger charge is -2.28.